The molecule has 0 fully saturated rings. The summed E-state index contributed by atoms with van der Waals surface area (Å²) in [6.07, 6.45) is -0.0544. The third kappa shape index (κ3) is 5.65. The Morgan fingerprint density at radius 2 is 1.83 bits per heavy atom. The maximum absolute atomic E-state index is 13.4. The van der Waals surface area contributed by atoms with Crippen LogP contribution in [0.4, 0.5) is 0 Å². The van der Waals surface area contributed by atoms with E-state index >= 15 is 0 Å². The van der Waals surface area contributed by atoms with Gasteiger partial charge in [-0.1, -0.05) is 53.6 Å². The number of H-pyrrole nitrogens is 1. The van der Waals surface area contributed by atoms with Crippen LogP contribution in [0.3, 0.4) is 0 Å². The third-order valence-electron chi connectivity index (χ3n) is 5.94. The SMILES string of the molecule is COC(=O)CCn1c(=O)[nH]/c(=N\C2CC(c3ccc(Cl)cc3)=NN2C)n(Cc2ccc(C)cc2)c1=O. The van der Waals surface area contributed by atoms with E-state index in [1.807, 2.05) is 43.3 Å². The van der Waals surface area contributed by atoms with Crippen molar-refractivity contribution < 1.29 is 9.53 Å². The number of carbonyl (C=O) groups is 1. The van der Waals surface area contributed by atoms with Crippen molar-refractivity contribution in [3.63, 3.8) is 0 Å². The molecule has 0 amide bonds. The van der Waals surface area contributed by atoms with Gasteiger partial charge in [-0.25, -0.2) is 19.1 Å². The van der Waals surface area contributed by atoms with Gasteiger partial charge in [0.2, 0.25) is 5.62 Å². The number of methoxy groups -OCH3 is 1. The number of halogens is 1. The first kappa shape index (κ1) is 25.2. The van der Waals surface area contributed by atoms with Gasteiger partial charge in [-0.15, -0.1) is 0 Å². The summed E-state index contributed by atoms with van der Waals surface area (Å²) in [5.74, 6) is -0.514. The molecule has 2 aromatic carbocycles. The van der Waals surface area contributed by atoms with Crippen LogP contribution in [0.2, 0.25) is 5.02 Å². The summed E-state index contributed by atoms with van der Waals surface area (Å²) in [5, 5.41) is 6.92. The molecule has 10 nitrogen and oxygen atoms in total. The zero-order chi connectivity index (χ0) is 25.8. The number of ether oxygens (including phenoxy) is 1. The molecule has 1 aliphatic rings. The number of hydrazone groups is 1. The number of aromatic amines is 1. The maximum Gasteiger partial charge on any atom is 0.335 e. The highest BCUT2D eigenvalue weighted by molar-refractivity contribution is 6.30. The predicted octanol–water partition coefficient (Wildman–Crippen LogP) is 1.88. The standard InChI is InChI=1S/C25H27ClN6O4/c1-16-4-6-17(7-5-16)15-32-23(28-24(34)31(25(32)35)13-12-22(33)36-3)27-21-14-20(29-30(21)2)18-8-10-19(26)11-9-18/h4-11,21H,12-15H2,1-3H3,(H,27,28,34). The van der Waals surface area contributed by atoms with Crippen LogP contribution in [-0.4, -0.2) is 51.1 Å². The molecular formula is C25H27ClN6O4. The highest BCUT2D eigenvalue weighted by Crippen LogP contribution is 2.20. The number of rotatable bonds is 7. The predicted molar refractivity (Wildman–Crippen MR) is 136 cm³/mol. The van der Waals surface area contributed by atoms with Crippen LogP contribution < -0.4 is 17.0 Å². The summed E-state index contributed by atoms with van der Waals surface area (Å²) >= 11 is 6.00. The molecule has 2 heterocycles. The van der Waals surface area contributed by atoms with Crippen molar-refractivity contribution in [1.82, 2.24) is 19.1 Å². The summed E-state index contributed by atoms with van der Waals surface area (Å²) in [6, 6.07) is 15.1. The van der Waals surface area contributed by atoms with E-state index in [1.54, 1.807) is 24.2 Å². The van der Waals surface area contributed by atoms with Gasteiger partial charge in [0.05, 0.1) is 25.8 Å². The van der Waals surface area contributed by atoms with E-state index < -0.39 is 23.5 Å². The third-order valence-corrected chi connectivity index (χ3v) is 6.20. The highest BCUT2D eigenvalue weighted by atomic mass is 35.5. The molecule has 36 heavy (non-hydrogen) atoms. The molecule has 1 atom stereocenters. The summed E-state index contributed by atoms with van der Waals surface area (Å²) in [5.41, 5.74) is 2.60. The summed E-state index contributed by atoms with van der Waals surface area (Å²) in [7, 11) is 3.05. The van der Waals surface area contributed by atoms with Crippen molar-refractivity contribution in [2.45, 2.75) is 39.0 Å². The number of nitrogens with zero attached hydrogens (tertiary/aromatic N) is 5. The van der Waals surface area contributed by atoms with Crippen LogP contribution in [-0.2, 0) is 22.6 Å². The van der Waals surface area contributed by atoms with Crippen LogP contribution in [0, 0.1) is 6.92 Å². The number of nitrogens with one attached hydrogen (secondary N) is 1. The second-order valence-corrected chi connectivity index (χ2v) is 8.96. The van der Waals surface area contributed by atoms with E-state index in [0.29, 0.717) is 11.4 Å². The summed E-state index contributed by atoms with van der Waals surface area (Å²) in [6.45, 7) is 2.06. The Bertz CT molecular complexity index is 1470. The van der Waals surface area contributed by atoms with Crippen molar-refractivity contribution >= 4 is 23.3 Å². The van der Waals surface area contributed by atoms with Gasteiger partial charge in [-0.2, -0.15) is 5.10 Å². The van der Waals surface area contributed by atoms with Gasteiger partial charge >= 0.3 is 17.3 Å². The molecule has 0 saturated heterocycles. The van der Waals surface area contributed by atoms with Crippen molar-refractivity contribution in [3.8, 4) is 0 Å². The number of hydrogen-bond acceptors (Lipinski definition) is 7. The first-order valence-electron chi connectivity index (χ1n) is 11.4. The smallest absolute Gasteiger partial charge is 0.335 e. The molecule has 1 unspecified atom stereocenters. The number of aromatic nitrogens is 3. The van der Waals surface area contributed by atoms with Gasteiger partial charge in [-0.3, -0.25) is 19.4 Å². The molecule has 11 heteroatoms. The second-order valence-electron chi connectivity index (χ2n) is 8.53. The van der Waals surface area contributed by atoms with Crippen LogP contribution >= 0.6 is 11.6 Å². The first-order valence-corrected chi connectivity index (χ1v) is 11.8. The lowest BCUT2D eigenvalue weighted by molar-refractivity contribution is -0.140. The molecule has 0 bridgehead atoms. The van der Waals surface area contributed by atoms with Gasteiger partial charge in [-0.05, 0) is 30.2 Å². The Morgan fingerprint density at radius 1 is 1.14 bits per heavy atom. The van der Waals surface area contributed by atoms with E-state index in [0.717, 1.165) is 27.0 Å². The fourth-order valence-electron chi connectivity index (χ4n) is 3.87. The van der Waals surface area contributed by atoms with Gasteiger partial charge in [0.15, 0.2) is 0 Å². The zero-order valence-electron chi connectivity index (χ0n) is 20.3. The van der Waals surface area contributed by atoms with Crippen molar-refractivity contribution in [2.75, 3.05) is 14.2 Å². The Kier molecular flexibility index (Phi) is 7.54. The van der Waals surface area contributed by atoms with E-state index in [-0.39, 0.29) is 25.1 Å². The van der Waals surface area contributed by atoms with Crippen molar-refractivity contribution in [2.24, 2.45) is 10.1 Å². The molecule has 3 aromatic rings. The maximum atomic E-state index is 13.4. The Morgan fingerprint density at radius 3 is 2.50 bits per heavy atom. The van der Waals surface area contributed by atoms with E-state index in [9.17, 15) is 14.4 Å². The number of carbonyl (C=O) groups excluding carboxylic acids is 1. The molecule has 1 aromatic heterocycles. The van der Waals surface area contributed by atoms with Crippen LogP contribution in [0.1, 0.15) is 29.5 Å². The number of aryl methyl sites for hydroxylation is 1. The first-order chi connectivity index (χ1) is 17.2. The van der Waals surface area contributed by atoms with Crippen LogP contribution in [0.5, 0.6) is 0 Å². The van der Waals surface area contributed by atoms with Crippen molar-refractivity contribution in [3.05, 3.63) is 96.8 Å². The Labute approximate surface area is 212 Å². The lowest BCUT2D eigenvalue weighted by atomic mass is 10.1. The molecule has 0 saturated carbocycles. The minimum absolute atomic E-state index is 0.107. The quantitative estimate of drug-likeness (QED) is 0.487. The van der Waals surface area contributed by atoms with Gasteiger partial charge in [0.25, 0.3) is 0 Å². The Hall–Kier alpha value is -3.92. The number of hydrogen-bond donors (Lipinski definition) is 1. The fourth-order valence-corrected chi connectivity index (χ4v) is 3.99. The average molecular weight is 511 g/mol. The fraction of sp³-hybridized carbons (Fsp3) is 0.320. The molecule has 0 aliphatic carbocycles. The normalized spacial score (nSPS) is 15.8. The van der Waals surface area contributed by atoms with Crippen LogP contribution in [0.25, 0.3) is 0 Å². The molecule has 188 valence electrons. The number of benzene rings is 2. The topological polar surface area (TPSA) is 114 Å². The zero-order valence-corrected chi connectivity index (χ0v) is 21.0. The molecule has 0 radical (unpaired) electrons. The largest absolute Gasteiger partial charge is 0.469 e. The highest BCUT2D eigenvalue weighted by Gasteiger charge is 2.24. The molecule has 1 aliphatic heterocycles. The molecule has 0 spiro atoms. The van der Waals surface area contributed by atoms with Gasteiger partial charge in [0.1, 0.15) is 6.17 Å². The molecular weight excluding hydrogens is 484 g/mol. The van der Waals surface area contributed by atoms with E-state index in [2.05, 4.69) is 14.8 Å². The van der Waals surface area contributed by atoms with Gasteiger partial charge in [0, 0.05) is 25.0 Å². The van der Waals surface area contributed by atoms with E-state index in [4.69, 9.17) is 16.6 Å². The van der Waals surface area contributed by atoms with Crippen molar-refractivity contribution in [1.29, 1.82) is 0 Å². The minimum atomic E-state index is -0.651. The lowest BCUT2D eigenvalue weighted by Crippen LogP contribution is -2.51. The molecule has 4 rings (SSSR count). The van der Waals surface area contributed by atoms with Gasteiger partial charge < -0.3 is 4.74 Å². The molecule has 1 N–H and O–H groups in total. The van der Waals surface area contributed by atoms with E-state index in [1.165, 1.54) is 11.7 Å². The Balaban J connectivity index is 1.73. The minimum Gasteiger partial charge on any atom is -0.469 e. The number of esters is 1. The monoisotopic (exact) mass is 510 g/mol. The summed E-state index contributed by atoms with van der Waals surface area (Å²) in [4.78, 5) is 45.3. The summed E-state index contributed by atoms with van der Waals surface area (Å²) < 4.78 is 7.03. The lowest BCUT2D eigenvalue weighted by Gasteiger charge is -2.15. The average Bonchev–Trinajstić information content (AvgIpc) is 3.22. The van der Waals surface area contributed by atoms with Crippen LogP contribution in [0.15, 0.2) is 68.2 Å². The second kappa shape index (κ2) is 10.8.